The van der Waals surface area contributed by atoms with E-state index < -0.39 is 6.10 Å². The number of carbonyl (C=O) groups excluding carboxylic acids is 2. The molecule has 5 heteroatoms. The van der Waals surface area contributed by atoms with Crippen LogP contribution in [0, 0.1) is 0 Å². The molecule has 0 aliphatic rings. The highest BCUT2D eigenvalue weighted by molar-refractivity contribution is 6.04. The van der Waals surface area contributed by atoms with Crippen LogP contribution in [0.15, 0.2) is 54.6 Å². The minimum Gasteiger partial charge on any atom is -0.481 e. The van der Waals surface area contributed by atoms with Gasteiger partial charge in [-0.25, -0.2) is 0 Å². The van der Waals surface area contributed by atoms with Crippen LogP contribution < -0.4 is 15.4 Å². The molecule has 2 N–H and O–H groups in total. The maximum absolute atomic E-state index is 12.4. The zero-order chi connectivity index (χ0) is 18.4. The van der Waals surface area contributed by atoms with E-state index in [2.05, 4.69) is 10.6 Å². The Bertz CT molecular complexity index is 736. The van der Waals surface area contributed by atoms with E-state index in [9.17, 15) is 9.59 Å². The SMILES string of the molecule is C[C@@H](Oc1ccccc1)C(=O)Nc1ccccc1C(=O)NC(C)(C)C. The molecule has 0 saturated heterocycles. The van der Waals surface area contributed by atoms with Crippen molar-refractivity contribution in [3.63, 3.8) is 0 Å². The molecule has 0 bridgehead atoms. The smallest absolute Gasteiger partial charge is 0.265 e. The van der Waals surface area contributed by atoms with Crippen LogP contribution >= 0.6 is 0 Å². The van der Waals surface area contributed by atoms with Crippen molar-refractivity contribution in [1.29, 1.82) is 0 Å². The van der Waals surface area contributed by atoms with Crippen molar-refractivity contribution in [2.75, 3.05) is 5.32 Å². The number of hydrogen-bond acceptors (Lipinski definition) is 3. The highest BCUT2D eigenvalue weighted by atomic mass is 16.5. The predicted octanol–water partition coefficient (Wildman–Crippen LogP) is 3.62. The standard InChI is InChI=1S/C20H24N2O3/c1-14(25-15-10-6-5-7-11-15)18(23)21-17-13-9-8-12-16(17)19(24)22-20(2,3)4/h5-14H,1-4H3,(H,21,23)(H,22,24)/t14-/m1/s1. The summed E-state index contributed by atoms with van der Waals surface area (Å²) in [5.41, 5.74) is 0.508. The van der Waals surface area contributed by atoms with Crippen molar-refractivity contribution in [3.05, 3.63) is 60.2 Å². The lowest BCUT2D eigenvalue weighted by Crippen LogP contribution is -2.41. The maximum atomic E-state index is 12.4. The number of para-hydroxylation sites is 2. The molecule has 2 amide bonds. The van der Waals surface area contributed by atoms with Gasteiger partial charge in [0.2, 0.25) is 0 Å². The van der Waals surface area contributed by atoms with Gasteiger partial charge in [0.15, 0.2) is 6.10 Å². The summed E-state index contributed by atoms with van der Waals surface area (Å²) < 4.78 is 5.62. The summed E-state index contributed by atoms with van der Waals surface area (Å²) in [5, 5.41) is 5.67. The Balaban J connectivity index is 2.09. The second kappa shape index (κ2) is 7.83. The van der Waals surface area contributed by atoms with Crippen LogP contribution in [0.4, 0.5) is 5.69 Å². The number of amides is 2. The Labute approximate surface area is 148 Å². The lowest BCUT2D eigenvalue weighted by Gasteiger charge is -2.22. The largest absolute Gasteiger partial charge is 0.481 e. The van der Waals surface area contributed by atoms with Crippen molar-refractivity contribution in [2.45, 2.75) is 39.3 Å². The molecule has 0 saturated carbocycles. The van der Waals surface area contributed by atoms with Gasteiger partial charge in [0.05, 0.1) is 11.3 Å². The fourth-order valence-electron chi connectivity index (χ4n) is 2.19. The molecule has 0 aromatic heterocycles. The average Bonchev–Trinajstić information content (AvgIpc) is 2.54. The zero-order valence-corrected chi connectivity index (χ0v) is 15.0. The third kappa shape index (κ3) is 5.64. The van der Waals surface area contributed by atoms with Gasteiger partial charge in [0.1, 0.15) is 5.75 Å². The average molecular weight is 340 g/mol. The van der Waals surface area contributed by atoms with Crippen LogP contribution in [0.3, 0.4) is 0 Å². The number of hydrogen-bond donors (Lipinski definition) is 2. The molecular weight excluding hydrogens is 316 g/mol. The molecule has 2 aromatic carbocycles. The molecule has 2 aromatic rings. The van der Waals surface area contributed by atoms with E-state index in [0.29, 0.717) is 17.0 Å². The zero-order valence-electron chi connectivity index (χ0n) is 15.0. The van der Waals surface area contributed by atoms with Crippen molar-refractivity contribution in [1.82, 2.24) is 5.32 Å². The second-order valence-electron chi connectivity index (χ2n) is 6.81. The Morgan fingerprint density at radius 2 is 1.56 bits per heavy atom. The molecule has 0 fully saturated rings. The van der Waals surface area contributed by atoms with E-state index in [4.69, 9.17) is 4.74 Å². The van der Waals surface area contributed by atoms with Gasteiger partial charge in [-0.15, -0.1) is 0 Å². The van der Waals surface area contributed by atoms with Crippen LogP contribution in [0.25, 0.3) is 0 Å². The van der Waals surface area contributed by atoms with Gasteiger partial charge in [-0.2, -0.15) is 0 Å². The topological polar surface area (TPSA) is 67.4 Å². The van der Waals surface area contributed by atoms with E-state index in [1.54, 1.807) is 43.3 Å². The fraction of sp³-hybridized carbons (Fsp3) is 0.300. The number of anilines is 1. The number of carbonyl (C=O) groups is 2. The van der Waals surface area contributed by atoms with Crippen LogP contribution in [0.5, 0.6) is 5.75 Å². The van der Waals surface area contributed by atoms with Gasteiger partial charge in [-0.3, -0.25) is 9.59 Å². The van der Waals surface area contributed by atoms with Crippen LogP contribution in [0.2, 0.25) is 0 Å². The molecular formula is C20H24N2O3. The summed E-state index contributed by atoms with van der Waals surface area (Å²) in [6, 6.07) is 16.0. The summed E-state index contributed by atoms with van der Waals surface area (Å²) in [7, 11) is 0. The Hall–Kier alpha value is -2.82. The normalized spacial score (nSPS) is 12.2. The molecule has 0 aliphatic carbocycles. The first kappa shape index (κ1) is 18.5. The number of ether oxygens (including phenoxy) is 1. The van der Waals surface area contributed by atoms with Crippen molar-refractivity contribution in [3.8, 4) is 5.75 Å². The minimum atomic E-state index is -0.693. The summed E-state index contributed by atoms with van der Waals surface area (Å²) >= 11 is 0. The van der Waals surface area contributed by atoms with Gasteiger partial charge in [-0.1, -0.05) is 30.3 Å². The lowest BCUT2D eigenvalue weighted by molar-refractivity contribution is -0.122. The Morgan fingerprint density at radius 3 is 2.20 bits per heavy atom. The second-order valence-corrected chi connectivity index (χ2v) is 6.81. The van der Waals surface area contributed by atoms with Gasteiger partial charge in [0.25, 0.3) is 11.8 Å². The van der Waals surface area contributed by atoms with Gasteiger partial charge < -0.3 is 15.4 Å². The number of benzene rings is 2. The summed E-state index contributed by atoms with van der Waals surface area (Å²) in [6.07, 6.45) is -0.693. The third-order valence-corrected chi connectivity index (χ3v) is 3.34. The molecule has 132 valence electrons. The molecule has 0 spiro atoms. The van der Waals surface area contributed by atoms with Crippen molar-refractivity contribution < 1.29 is 14.3 Å². The number of rotatable bonds is 5. The van der Waals surface area contributed by atoms with Crippen LogP contribution in [-0.2, 0) is 4.79 Å². The first-order valence-electron chi connectivity index (χ1n) is 8.20. The molecule has 25 heavy (non-hydrogen) atoms. The first-order valence-corrected chi connectivity index (χ1v) is 8.20. The van der Waals surface area contributed by atoms with Crippen LogP contribution in [0.1, 0.15) is 38.1 Å². The van der Waals surface area contributed by atoms with E-state index in [-0.39, 0.29) is 17.4 Å². The van der Waals surface area contributed by atoms with E-state index in [1.165, 1.54) is 0 Å². The van der Waals surface area contributed by atoms with E-state index in [0.717, 1.165) is 0 Å². The summed E-state index contributed by atoms with van der Waals surface area (Å²) in [6.45, 7) is 7.38. The molecule has 0 unspecified atom stereocenters. The van der Waals surface area contributed by atoms with Gasteiger partial charge in [0, 0.05) is 5.54 Å². The molecule has 1 atom stereocenters. The minimum absolute atomic E-state index is 0.236. The lowest BCUT2D eigenvalue weighted by atomic mass is 10.1. The molecule has 5 nitrogen and oxygen atoms in total. The van der Waals surface area contributed by atoms with Crippen molar-refractivity contribution >= 4 is 17.5 Å². The first-order chi connectivity index (χ1) is 11.8. The van der Waals surface area contributed by atoms with Gasteiger partial charge in [-0.05, 0) is 52.0 Å². The highest BCUT2D eigenvalue weighted by Gasteiger charge is 2.20. The number of nitrogens with one attached hydrogen (secondary N) is 2. The summed E-state index contributed by atoms with van der Waals surface area (Å²) in [5.74, 6) is 0.0591. The fourth-order valence-corrected chi connectivity index (χ4v) is 2.19. The molecule has 0 radical (unpaired) electrons. The predicted molar refractivity (Wildman–Crippen MR) is 98.8 cm³/mol. The quantitative estimate of drug-likeness (QED) is 0.873. The summed E-state index contributed by atoms with van der Waals surface area (Å²) in [4.78, 5) is 24.8. The van der Waals surface area contributed by atoms with Gasteiger partial charge >= 0.3 is 0 Å². The highest BCUT2D eigenvalue weighted by Crippen LogP contribution is 2.18. The third-order valence-electron chi connectivity index (χ3n) is 3.34. The monoisotopic (exact) mass is 340 g/mol. The van der Waals surface area contributed by atoms with E-state index >= 15 is 0 Å². The van der Waals surface area contributed by atoms with Crippen LogP contribution in [-0.4, -0.2) is 23.5 Å². The van der Waals surface area contributed by atoms with Crippen molar-refractivity contribution in [2.24, 2.45) is 0 Å². The molecule has 2 rings (SSSR count). The maximum Gasteiger partial charge on any atom is 0.265 e. The Kier molecular flexibility index (Phi) is 5.80. The molecule has 0 heterocycles. The molecule has 0 aliphatic heterocycles. The Morgan fingerprint density at radius 1 is 0.960 bits per heavy atom. The van der Waals surface area contributed by atoms with E-state index in [1.807, 2.05) is 39.0 Å².